The summed E-state index contributed by atoms with van der Waals surface area (Å²) >= 11 is 0. The molecule has 0 aromatic heterocycles. The van der Waals surface area contributed by atoms with E-state index in [9.17, 15) is 0 Å². The van der Waals surface area contributed by atoms with Crippen LogP contribution in [0.2, 0.25) is 0 Å². The van der Waals surface area contributed by atoms with Gasteiger partial charge in [0.2, 0.25) is 0 Å². The first-order valence-corrected chi connectivity index (χ1v) is 7.01. The van der Waals surface area contributed by atoms with Gasteiger partial charge in [-0.25, -0.2) is 0 Å². The highest BCUT2D eigenvalue weighted by Gasteiger charge is 2.45. The topological polar surface area (TPSA) is 15.7 Å². The molecule has 2 fully saturated rings. The van der Waals surface area contributed by atoms with Gasteiger partial charge in [0.15, 0.2) is 5.88 Å². The minimum absolute atomic E-state index is 0.222. The van der Waals surface area contributed by atoms with Gasteiger partial charge in [-0.15, -0.1) is 0 Å². The second-order valence-electron chi connectivity index (χ2n) is 5.78. The summed E-state index contributed by atoms with van der Waals surface area (Å²) in [5, 5.41) is 0. The van der Waals surface area contributed by atoms with Crippen LogP contribution in [0.15, 0.2) is 42.8 Å². The highest BCUT2D eigenvalue weighted by molar-refractivity contribution is 5.17. The highest BCUT2D eigenvalue weighted by atomic mass is 16.5. The summed E-state index contributed by atoms with van der Waals surface area (Å²) in [6, 6.07) is 10.6. The Labute approximate surface area is 115 Å². The van der Waals surface area contributed by atoms with Gasteiger partial charge < -0.3 is 14.5 Å². The molecule has 1 atom stereocenters. The Kier molecular flexibility index (Phi) is 3.23. The Morgan fingerprint density at radius 1 is 1.26 bits per heavy atom. The van der Waals surface area contributed by atoms with Crippen LogP contribution in [0.5, 0.6) is 0 Å². The molecule has 2 aliphatic heterocycles. The van der Waals surface area contributed by atoms with Crippen LogP contribution in [0.4, 0.5) is 0 Å². The third kappa shape index (κ3) is 2.35. The molecule has 1 spiro atoms. The average molecular weight is 258 g/mol. The van der Waals surface area contributed by atoms with Crippen molar-refractivity contribution in [2.24, 2.45) is 0 Å². The van der Waals surface area contributed by atoms with Crippen LogP contribution in [-0.2, 0) is 11.3 Å². The fourth-order valence-corrected chi connectivity index (χ4v) is 3.34. The van der Waals surface area contributed by atoms with Crippen molar-refractivity contribution >= 4 is 0 Å². The lowest BCUT2D eigenvalue weighted by molar-refractivity contribution is -0.0325. The van der Waals surface area contributed by atoms with Crippen LogP contribution in [0.3, 0.4) is 0 Å². The number of hydrogen-bond acceptors (Lipinski definition) is 3. The first kappa shape index (κ1) is 12.5. The minimum Gasteiger partial charge on any atom is -0.479 e. The number of rotatable bonds is 2. The Hall–Kier alpha value is -1.48. The first-order chi connectivity index (χ1) is 9.20. The van der Waals surface area contributed by atoms with Crippen molar-refractivity contribution in [3.8, 4) is 0 Å². The summed E-state index contributed by atoms with van der Waals surface area (Å²) in [5.41, 5.74) is 1.54. The van der Waals surface area contributed by atoms with Crippen molar-refractivity contribution in [2.45, 2.75) is 24.9 Å². The molecule has 1 aromatic rings. The summed E-state index contributed by atoms with van der Waals surface area (Å²) in [6.45, 7) is 8.10. The minimum atomic E-state index is 0.222. The largest absolute Gasteiger partial charge is 0.479 e. The molecular weight excluding hydrogens is 236 g/mol. The van der Waals surface area contributed by atoms with E-state index >= 15 is 0 Å². The van der Waals surface area contributed by atoms with E-state index in [-0.39, 0.29) is 5.54 Å². The second kappa shape index (κ2) is 4.89. The van der Waals surface area contributed by atoms with E-state index in [1.807, 2.05) is 0 Å². The van der Waals surface area contributed by atoms with E-state index in [4.69, 9.17) is 4.74 Å². The lowest BCUT2D eigenvalue weighted by atomic mass is 9.90. The summed E-state index contributed by atoms with van der Waals surface area (Å²) in [5.74, 6) is 0.838. The van der Waals surface area contributed by atoms with Gasteiger partial charge in [-0.1, -0.05) is 30.3 Å². The van der Waals surface area contributed by atoms with Crippen molar-refractivity contribution in [3.63, 3.8) is 0 Å². The van der Waals surface area contributed by atoms with Crippen LogP contribution in [0.25, 0.3) is 0 Å². The number of ether oxygens (including phenoxy) is 1. The third-order valence-electron chi connectivity index (χ3n) is 4.42. The van der Waals surface area contributed by atoms with Crippen molar-refractivity contribution in [1.29, 1.82) is 0 Å². The lowest BCUT2D eigenvalue weighted by Gasteiger charge is -2.46. The standard InChI is InChI=1S/C16H22N2O/c1-14-18(12-15-6-4-3-5-7-15)16(9-11-19-14)8-10-17(2)13-16/h3-7H,1,8-13H2,2H3. The fourth-order valence-electron chi connectivity index (χ4n) is 3.34. The Morgan fingerprint density at radius 3 is 2.74 bits per heavy atom. The van der Waals surface area contributed by atoms with Crippen LogP contribution in [0.1, 0.15) is 18.4 Å². The quantitative estimate of drug-likeness (QED) is 0.810. The molecule has 19 heavy (non-hydrogen) atoms. The zero-order valence-corrected chi connectivity index (χ0v) is 11.6. The third-order valence-corrected chi connectivity index (χ3v) is 4.42. The van der Waals surface area contributed by atoms with E-state index in [2.05, 4.69) is 53.8 Å². The van der Waals surface area contributed by atoms with Crippen molar-refractivity contribution in [1.82, 2.24) is 9.80 Å². The normalized spacial score (nSPS) is 27.8. The van der Waals surface area contributed by atoms with Crippen LogP contribution in [-0.4, -0.2) is 42.1 Å². The lowest BCUT2D eigenvalue weighted by Crippen LogP contribution is -2.53. The van der Waals surface area contributed by atoms with Crippen LogP contribution >= 0.6 is 0 Å². The van der Waals surface area contributed by atoms with Crippen molar-refractivity contribution < 1.29 is 4.74 Å². The molecule has 0 N–H and O–H groups in total. The van der Waals surface area contributed by atoms with E-state index in [1.165, 1.54) is 18.5 Å². The Bertz CT molecular complexity index is 455. The molecule has 0 saturated carbocycles. The van der Waals surface area contributed by atoms with Gasteiger partial charge in [-0.05, 0) is 25.6 Å². The maximum absolute atomic E-state index is 5.70. The van der Waals surface area contributed by atoms with Gasteiger partial charge in [-0.2, -0.15) is 0 Å². The molecule has 3 nitrogen and oxygen atoms in total. The molecule has 0 radical (unpaired) electrons. The van der Waals surface area contributed by atoms with Crippen LogP contribution in [0, 0.1) is 0 Å². The number of nitrogens with zero attached hydrogens (tertiary/aromatic N) is 2. The maximum Gasteiger partial charge on any atom is 0.182 e. The predicted octanol–water partition coefficient (Wildman–Crippen LogP) is 2.45. The summed E-state index contributed by atoms with van der Waals surface area (Å²) in [7, 11) is 2.20. The van der Waals surface area contributed by atoms with E-state index in [1.54, 1.807) is 0 Å². The number of likely N-dealkylation sites (N-methyl/N-ethyl adjacent to an activating group) is 1. The molecule has 3 rings (SSSR count). The number of benzene rings is 1. The number of likely N-dealkylation sites (tertiary alicyclic amines) is 1. The molecule has 0 amide bonds. The van der Waals surface area contributed by atoms with Crippen molar-refractivity contribution in [3.05, 3.63) is 48.4 Å². The van der Waals surface area contributed by atoms with Gasteiger partial charge in [0.1, 0.15) is 0 Å². The number of hydrogen-bond donors (Lipinski definition) is 0. The fraction of sp³-hybridized carbons (Fsp3) is 0.500. The van der Waals surface area contributed by atoms with E-state index < -0.39 is 0 Å². The summed E-state index contributed by atoms with van der Waals surface area (Å²) in [6.07, 6.45) is 2.31. The average Bonchev–Trinajstić information content (AvgIpc) is 2.78. The van der Waals surface area contributed by atoms with Crippen LogP contribution < -0.4 is 0 Å². The molecule has 2 heterocycles. The monoisotopic (exact) mass is 258 g/mol. The second-order valence-corrected chi connectivity index (χ2v) is 5.78. The SMILES string of the molecule is C=C1OCCC2(CCN(C)C2)N1Cc1ccccc1. The molecule has 0 aliphatic carbocycles. The smallest absolute Gasteiger partial charge is 0.182 e. The molecular formula is C16H22N2O. The van der Waals surface area contributed by atoms with E-state index in [0.29, 0.717) is 0 Å². The Morgan fingerprint density at radius 2 is 2.05 bits per heavy atom. The van der Waals surface area contributed by atoms with Gasteiger partial charge in [-0.3, -0.25) is 0 Å². The molecule has 2 saturated heterocycles. The van der Waals surface area contributed by atoms with Gasteiger partial charge in [0, 0.05) is 26.1 Å². The molecule has 0 bridgehead atoms. The van der Waals surface area contributed by atoms with Crippen molar-refractivity contribution in [2.75, 3.05) is 26.7 Å². The first-order valence-electron chi connectivity index (χ1n) is 7.01. The molecule has 102 valence electrons. The summed E-state index contributed by atoms with van der Waals surface area (Å²) < 4.78 is 5.70. The van der Waals surface area contributed by atoms with E-state index in [0.717, 1.165) is 32.0 Å². The zero-order chi connectivity index (χ0) is 13.3. The highest BCUT2D eigenvalue weighted by Crippen LogP contribution is 2.37. The molecule has 2 aliphatic rings. The van der Waals surface area contributed by atoms with Gasteiger partial charge in [0.05, 0.1) is 12.1 Å². The predicted molar refractivity (Wildman–Crippen MR) is 76.5 cm³/mol. The zero-order valence-electron chi connectivity index (χ0n) is 11.6. The van der Waals surface area contributed by atoms with Gasteiger partial charge in [0.25, 0.3) is 0 Å². The molecule has 3 heteroatoms. The summed E-state index contributed by atoms with van der Waals surface area (Å²) in [4.78, 5) is 4.80. The molecule has 1 unspecified atom stereocenters. The maximum atomic E-state index is 5.70. The van der Waals surface area contributed by atoms with Gasteiger partial charge >= 0.3 is 0 Å². The molecule has 1 aromatic carbocycles. The Balaban J connectivity index is 1.84.